The van der Waals surface area contributed by atoms with E-state index in [9.17, 15) is 0 Å². The minimum atomic E-state index is 0.350. The first kappa shape index (κ1) is 16.0. The second-order valence-electron chi connectivity index (χ2n) is 7.74. The average Bonchev–Trinajstić information content (AvgIpc) is 2.64. The number of piperazine rings is 1. The summed E-state index contributed by atoms with van der Waals surface area (Å²) in [6.07, 6.45) is 19.1. The van der Waals surface area contributed by atoms with Crippen LogP contribution in [0.25, 0.3) is 0 Å². The van der Waals surface area contributed by atoms with Gasteiger partial charge in [-0.1, -0.05) is 56.4 Å². The molecule has 3 atom stereocenters. The highest BCUT2D eigenvalue weighted by atomic mass is 15.5. The van der Waals surface area contributed by atoms with E-state index < -0.39 is 0 Å². The summed E-state index contributed by atoms with van der Waals surface area (Å²) in [5, 5.41) is 9.31. The number of hydrogen-bond donors (Lipinski definition) is 3. The zero-order valence-corrected chi connectivity index (χ0v) is 14.5. The maximum atomic E-state index is 6.32. The van der Waals surface area contributed by atoms with Gasteiger partial charge in [-0.3, -0.25) is 5.84 Å². The summed E-state index contributed by atoms with van der Waals surface area (Å²) < 4.78 is 0. The fourth-order valence-electron chi connectivity index (χ4n) is 4.58. The molecule has 0 aromatic rings. The standard InChI is InChI=1S/C19H31N5/c20-24-11-10-23(14-16(24)12-15-6-2-1-3-7-15)19-13-21-17-8-4-5-9-18(17)22-19/h4-5,8-9,13,15-18,21-22H,1-3,6-7,10-12,14,20H2. The quantitative estimate of drug-likeness (QED) is 0.688. The van der Waals surface area contributed by atoms with Crippen molar-refractivity contribution >= 4 is 0 Å². The Labute approximate surface area is 145 Å². The van der Waals surface area contributed by atoms with Crippen molar-refractivity contribution in [3.05, 3.63) is 36.3 Å². The molecule has 4 aliphatic rings. The Morgan fingerprint density at radius 2 is 1.83 bits per heavy atom. The van der Waals surface area contributed by atoms with E-state index >= 15 is 0 Å². The molecular weight excluding hydrogens is 298 g/mol. The predicted octanol–water partition coefficient (Wildman–Crippen LogP) is 1.67. The smallest absolute Gasteiger partial charge is 0.118 e. The van der Waals surface area contributed by atoms with Crippen molar-refractivity contribution < 1.29 is 0 Å². The van der Waals surface area contributed by atoms with Crippen LogP contribution in [0.1, 0.15) is 38.5 Å². The first-order valence-electron chi connectivity index (χ1n) is 9.63. The van der Waals surface area contributed by atoms with Crippen molar-refractivity contribution in [3.63, 3.8) is 0 Å². The summed E-state index contributed by atoms with van der Waals surface area (Å²) in [5.41, 5.74) is 0. The summed E-state index contributed by atoms with van der Waals surface area (Å²) in [5.74, 6) is 8.42. The van der Waals surface area contributed by atoms with Crippen molar-refractivity contribution in [1.82, 2.24) is 20.5 Å². The number of nitrogens with one attached hydrogen (secondary N) is 2. The molecular formula is C19H31N5. The molecule has 2 fully saturated rings. The maximum Gasteiger partial charge on any atom is 0.118 e. The molecule has 2 heterocycles. The van der Waals surface area contributed by atoms with Gasteiger partial charge in [-0.05, 0) is 12.3 Å². The highest BCUT2D eigenvalue weighted by Crippen LogP contribution is 2.29. The Morgan fingerprint density at radius 1 is 1.04 bits per heavy atom. The van der Waals surface area contributed by atoms with E-state index in [2.05, 4.69) is 51.0 Å². The van der Waals surface area contributed by atoms with Crippen LogP contribution in [0.15, 0.2) is 36.3 Å². The monoisotopic (exact) mass is 329 g/mol. The molecule has 4 rings (SSSR count). The minimum Gasteiger partial charge on any atom is -0.379 e. The molecule has 0 aromatic carbocycles. The molecule has 0 spiro atoms. The van der Waals surface area contributed by atoms with Gasteiger partial charge in [-0.2, -0.15) is 0 Å². The number of fused-ring (bicyclic) bond motifs is 1. The van der Waals surface area contributed by atoms with E-state index in [0.29, 0.717) is 18.1 Å². The zero-order valence-electron chi connectivity index (χ0n) is 14.5. The molecule has 5 heteroatoms. The van der Waals surface area contributed by atoms with E-state index in [1.165, 1.54) is 44.3 Å². The lowest BCUT2D eigenvalue weighted by molar-refractivity contribution is 0.0675. The predicted molar refractivity (Wildman–Crippen MR) is 97.7 cm³/mol. The third-order valence-corrected chi connectivity index (χ3v) is 6.06. The molecule has 2 aliphatic carbocycles. The molecule has 3 unspecified atom stereocenters. The maximum absolute atomic E-state index is 6.32. The van der Waals surface area contributed by atoms with Crippen LogP contribution in [0, 0.1) is 5.92 Å². The normalized spacial score (nSPS) is 34.3. The van der Waals surface area contributed by atoms with Crippen LogP contribution in [0.5, 0.6) is 0 Å². The minimum absolute atomic E-state index is 0.350. The van der Waals surface area contributed by atoms with Crippen molar-refractivity contribution in [3.8, 4) is 0 Å². The van der Waals surface area contributed by atoms with Gasteiger partial charge < -0.3 is 15.5 Å². The van der Waals surface area contributed by atoms with Crippen molar-refractivity contribution in [2.45, 2.75) is 56.7 Å². The largest absolute Gasteiger partial charge is 0.379 e. The number of nitrogens with two attached hydrogens (primary N) is 1. The van der Waals surface area contributed by atoms with Gasteiger partial charge in [0.25, 0.3) is 0 Å². The fraction of sp³-hybridized carbons (Fsp3) is 0.684. The van der Waals surface area contributed by atoms with Crippen molar-refractivity contribution in [2.75, 3.05) is 19.6 Å². The molecule has 0 aromatic heterocycles. The van der Waals surface area contributed by atoms with Crippen LogP contribution >= 0.6 is 0 Å². The molecule has 0 radical (unpaired) electrons. The molecule has 1 saturated heterocycles. The summed E-state index contributed by atoms with van der Waals surface area (Å²) >= 11 is 0. The van der Waals surface area contributed by atoms with Gasteiger partial charge in [0.05, 0.1) is 12.1 Å². The van der Waals surface area contributed by atoms with Crippen LogP contribution in [-0.4, -0.2) is 47.7 Å². The van der Waals surface area contributed by atoms with Crippen molar-refractivity contribution in [1.29, 1.82) is 0 Å². The van der Waals surface area contributed by atoms with Gasteiger partial charge in [0.15, 0.2) is 0 Å². The van der Waals surface area contributed by atoms with Crippen LogP contribution in [0.3, 0.4) is 0 Å². The summed E-state index contributed by atoms with van der Waals surface area (Å²) in [6.45, 7) is 2.97. The molecule has 0 amide bonds. The van der Waals surface area contributed by atoms with E-state index in [0.717, 1.165) is 25.6 Å². The fourth-order valence-corrected chi connectivity index (χ4v) is 4.58. The topological polar surface area (TPSA) is 56.6 Å². The molecule has 5 nitrogen and oxygen atoms in total. The van der Waals surface area contributed by atoms with Crippen LogP contribution in [0.2, 0.25) is 0 Å². The van der Waals surface area contributed by atoms with Gasteiger partial charge >= 0.3 is 0 Å². The Kier molecular flexibility index (Phi) is 4.81. The van der Waals surface area contributed by atoms with Crippen LogP contribution in [-0.2, 0) is 0 Å². The number of allylic oxidation sites excluding steroid dienone is 2. The average molecular weight is 329 g/mol. The van der Waals surface area contributed by atoms with Gasteiger partial charge in [-0.15, -0.1) is 0 Å². The summed E-state index contributed by atoms with van der Waals surface area (Å²) in [4.78, 5) is 2.48. The zero-order chi connectivity index (χ0) is 16.4. The third-order valence-electron chi connectivity index (χ3n) is 6.06. The van der Waals surface area contributed by atoms with E-state index in [-0.39, 0.29) is 0 Å². The van der Waals surface area contributed by atoms with Crippen molar-refractivity contribution in [2.24, 2.45) is 11.8 Å². The van der Waals surface area contributed by atoms with Gasteiger partial charge in [0.1, 0.15) is 5.82 Å². The summed E-state index contributed by atoms with van der Waals surface area (Å²) in [7, 11) is 0. The molecule has 132 valence electrons. The van der Waals surface area contributed by atoms with Gasteiger partial charge in [0, 0.05) is 31.9 Å². The number of hydrogen-bond acceptors (Lipinski definition) is 5. The number of hydrazine groups is 1. The molecule has 0 bridgehead atoms. The SMILES string of the molecule is NN1CCN(C2=CNC3C=CC=CC3N2)CC1CC1CCCCC1. The number of nitrogens with zero attached hydrogens (tertiary/aromatic N) is 2. The molecule has 4 N–H and O–H groups in total. The molecule has 1 saturated carbocycles. The Bertz CT molecular complexity index is 520. The summed E-state index contributed by atoms with van der Waals surface area (Å²) in [6, 6.07) is 1.19. The lowest BCUT2D eigenvalue weighted by atomic mass is 9.84. The lowest BCUT2D eigenvalue weighted by Crippen LogP contribution is -2.59. The first-order chi connectivity index (χ1) is 11.8. The Balaban J connectivity index is 1.38. The van der Waals surface area contributed by atoms with E-state index in [1.54, 1.807) is 0 Å². The lowest BCUT2D eigenvalue weighted by Gasteiger charge is -2.45. The Hall–Kier alpha value is -1.46. The first-order valence-corrected chi connectivity index (χ1v) is 9.63. The van der Waals surface area contributed by atoms with E-state index in [1.807, 2.05) is 0 Å². The van der Waals surface area contributed by atoms with Crippen LogP contribution < -0.4 is 16.5 Å². The Morgan fingerprint density at radius 3 is 2.67 bits per heavy atom. The molecule has 24 heavy (non-hydrogen) atoms. The highest BCUT2D eigenvalue weighted by molar-refractivity contribution is 5.25. The highest BCUT2D eigenvalue weighted by Gasteiger charge is 2.31. The van der Waals surface area contributed by atoms with Crippen LogP contribution in [0.4, 0.5) is 0 Å². The van der Waals surface area contributed by atoms with E-state index in [4.69, 9.17) is 5.84 Å². The second kappa shape index (κ2) is 7.19. The number of rotatable bonds is 3. The second-order valence-corrected chi connectivity index (χ2v) is 7.74. The molecule has 2 aliphatic heterocycles. The van der Waals surface area contributed by atoms with Gasteiger partial charge in [0.2, 0.25) is 0 Å². The third kappa shape index (κ3) is 3.47. The van der Waals surface area contributed by atoms with Gasteiger partial charge in [-0.25, -0.2) is 5.01 Å².